The van der Waals surface area contributed by atoms with Gasteiger partial charge in [0, 0.05) is 30.4 Å². The number of ether oxygens (including phenoxy) is 1. The van der Waals surface area contributed by atoms with Gasteiger partial charge in [-0.05, 0) is 69.0 Å². The molecular weight excluding hydrogens is 366 g/mol. The lowest BCUT2D eigenvalue weighted by Gasteiger charge is -2.32. The molecule has 0 atom stereocenters. The van der Waals surface area contributed by atoms with Crippen LogP contribution in [0.3, 0.4) is 0 Å². The van der Waals surface area contributed by atoms with Crippen molar-refractivity contribution in [2.45, 2.75) is 39.7 Å². The Morgan fingerprint density at radius 1 is 1.03 bits per heavy atom. The molecule has 0 spiro atoms. The van der Waals surface area contributed by atoms with Crippen molar-refractivity contribution in [2.75, 3.05) is 25.0 Å². The van der Waals surface area contributed by atoms with Crippen molar-refractivity contribution in [2.24, 2.45) is 0 Å². The molecule has 0 aliphatic carbocycles. The highest BCUT2D eigenvalue weighted by Crippen LogP contribution is 2.21. The number of anilines is 1. The van der Waals surface area contributed by atoms with Crippen LogP contribution in [0.25, 0.3) is 0 Å². The fourth-order valence-electron chi connectivity index (χ4n) is 3.56. The van der Waals surface area contributed by atoms with Gasteiger partial charge in [-0.25, -0.2) is 4.79 Å². The Kier molecular flexibility index (Phi) is 6.75. The standard InChI is InChI=1S/C23H29N3O3/c1-4-29-20-10-8-18(9-11-20)22(27)24-19-12-14-26(15-13-19)23(28)25-21-16(2)6-5-7-17(21)3/h5-11,19H,4,12-15H2,1-3H3,(H,24,27)(H,25,28). The smallest absolute Gasteiger partial charge is 0.321 e. The summed E-state index contributed by atoms with van der Waals surface area (Å²) < 4.78 is 5.41. The minimum absolute atomic E-state index is 0.0679. The number of urea groups is 1. The Morgan fingerprint density at radius 3 is 2.24 bits per heavy atom. The van der Waals surface area contributed by atoms with Crippen molar-refractivity contribution in [1.29, 1.82) is 0 Å². The van der Waals surface area contributed by atoms with Crippen LogP contribution < -0.4 is 15.4 Å². The molecule has 1 aliphatic rings. The SMILES string of the molecule is CCOc1ccc(C(=O)NC2CCN(C(=O)Nc3c(C)cccc3C)CC2)cc1. The first-order chi connectivity index (χ1) is 14.0. The number of carbonyl (C=O) groups excluding carboxylic acids is 2. The molecule has 29 heavy (non-hydrogen) atoms. The molecule has 3 amide bonds. The van der Waals surface area contributed by atoms with Crippen LogP contribution >= 0.6 is 0 Å². The van der Waals surface area contributed by atoms with Gasteiger partial charge in [-0.2, -0.15) is 0 Å². The zero-order valence-corrected chi connectivity index (χ0v) is 17.3. The lowest BCUT2D eigenvalue weighted by Crippen LogP contribution is -2.47. The third kappa shape index (κ3) is 5.28. The third-order valence-corrected chi connectivity index (χ3v) is 5.26. The van der Waals surface area contributed by atoms with Crippen LogP contribution in [0.2, 0.25) is 0 Å². The van der Waals surface area contributed by atoms with E-state index >= 15 is 0 Å². The molecule has 1 heterocycles. The molecule has 3 rings (SSSR count). The van der Waals surface area contributed by atoms with E-state index in [1.807, 2.05) is 43.9 Å². The third-order valence-electron chi connectivity index (χ3n) is 5.26. The van der Waals surface area contributed by atoms with Crippen LogP contribution in [0, 0.1) is 13.8 Å². The Balaban J connectivity index is 1.49. The van der Waals surface area contributed by atoms with Crippen molar-refractivity contribution in [3.8, 4) is 5.75 Å². The predicted octanol–water partition coefficient (Wildman–Crippen LogP) is 4.13. The molecule has 2 aromatic rings. The van der Waals surface area contributed by atoms with E-state index in [4.69, 9.17) is 4.74 Å². The summed E-state index contributed by atoms with van der Waals surface area (Å²) in [5, 5.41) is 6.11. The first-order valence-electron chi connectivity index (χ1n) is 10.1. The van der Waals surface area contributed by atoms with Gasteiger partial charge in [0.25, 0.3) is 5.91 Å². The van der Waals surface area contributed by atoms with E-state index < -0.39 is 0 Å². The number of hydrogen-bond donors (Lipinski definition) is 2. The van der Waals surface area contributed by atoms with Crippen molar-refractivity contribution in [3.63, 3.8) is 0 Å². The molecule has 0 radical (unpaired) electrons. The van der Waals surface area contributed by atoms with Crippen LogP contribution in [0.4, 0.5) is 10.5 Å². The predicted molar refractivity (Wildman–Crippen MR) is 115 cm³/mol. The first kappa shape index (κ1) is 20.7. The Labute approximate surface area is 172 Å². The molecule has 1 fully saturated rings. The van der Waals surface area contributed by atoms with E-state index in [2.05, 4.69) is 10.6 Å². The fraction of sp³-hybridized carbons (Fsp3) is 0.391. The minimum atomic E-state index is -0.0912. The van der Waals surface area contributed by atoms with Gasteiger partial charge in [0.05, 0.1) is 6.61 Å². The van der Waals surface area contributed by atoms with Gasteiger partial charge in [0.15, 0.2) is 0 Å². The molecule has 6 heteroatoms. The molecule has 1 saturated heterocycles. The molecule has 154 valence electrons. The number of para-hydroxylation sites is 1. The van der Waals surface area contributed by atoms with E-state index in [0.29, 0.717) is 25.3 Å². The number of hydrogen-bond acceptors (Lipinski definition) is 3. The number of aryl methyl sites for hydroxylation is 2. The zero-order chi connectivity index (χ0) is 20.8. The molecule has 0 bridgehead atoms. The maximum atomic E-state index is 12.6. The van der Waals surface area contributed by atoms with Crippen molar-refractivity contribution < 1.29 is 14.3 Å². The molecule has 0 aromatic heterocycles. The van der Waals surface area contributed by atoms with Gasteiger partial charge < -0.3 is 20.3 Å². The summed E-state index contributed by atoms with van der Waals surface area (Å²) in [6.45, 7) is 7.74. The summed E-state index contributed by atoms with van der Waals surface area (Å²) in [4.78, 5) is 26.9. The normalized spacial score (nSPS) is 14.4. The van der Waals surface area contributed by atoms with Crippen LogP contribution in [0.1, 0.15) is 41.3 Å². The van der Waals surface area contributed by atoms with Gasteiger partial charge in [-0.1, -0.05) is 18.2 Å². The molecule has 1 aliphatic heterocycles. The number of nitrogens with zero attached hydrogens (tertiary/aromatic N) is 1. The lowest BCUT2D eigenvalue weighted by atomic mass is 10.0. The summed E-state index contributed by atoms with van der Waals surface area (Å²) in [6, 6.07) is 13.1. The second-order valence-corrected chi connectivity index (χ2v) is 7.39. The van der Waals surface area contributed by atoms with Gasteiger partial charge >= 0.3 is 6.03 Å². The van der Waals surface area contributed by atoms with Crippen molar-refractivity contribution in [3.05, 3.63) is 59.2 Å². The van der Waals surface area contributed by atoms with Crippen molar-refractivity contribution in [1.82, 2.24) is 10.2 Å². The lowest BCUT2D eigenvalue weighted by molar-refractivity contribution is 0.0919. The average Bonchev–Trinajstić information content (AvgIpc) is 2.72. The first-order valence-corrected chi connectivity index (χ1v) is 10.1. The highest BCUT2D eigenvalue weighted by Gasteiger charge is 2.24. The minimum Gasteiger partial charge on any atom is -0.494 e. The van der Waals surface area contributed by atoms with E-state index in [1.165, 1.54) is 0 Å². The Bertz CT molecular complexity index is 836. The number of carbonyl (C=O) groups is 2. The summed E-state index contributed by atoms with van der Waals surface area (Å²) in [7, 11) is 0. The number of likely N-dealkylation sites (tertiary alicyclic amines) is 1. The summed E-state index contributed by atoms with van der Waals surface area (Å²) >= 11 is 0. The average molecular weight is 396 g/mol. The Hall–Kier alpha value is -3.02. The topological polar surface area (TPSA) is 70.7 Å². The van der Waals surface area contributed by atoms with E-state index in [1.54, 1.807) is 24.3 Å². The molecule has 0 saturated carbocycles. The molecule has 0 unspecified atom stereocenters. The highest BCUT2D eigenvalue weighted by atomic mass is 16.5. The largest absolute Gasteiger partial charge is 0.494 e. The van der Waals surface area contributed by atoms with Crippen molar-refractivity contribution >= 4 is 17.6 Å². The maximum absolute atomic E-state index is 12.6. The molecule has 2 N–H and O–H groups in total. The summed E-state index contributed by atoms with van der Waals surface area (Å²) in [5.74, 6) is 0.666. The molecule has 6 nitrogen and oxygen atoms in total. The fourth-order valence-corrected chi connectivity index (χ4v) is 3.56. The van der Waals surface area contributed by atoms with E-state index in [9.17, 15) is 9.59 Å². The van der Waals surface area contributed by atoms with Gasteiger partial charge in [-0.15, -0.1) is 0 Å². The van der Waals surface area contributed by atoms with E-state index in [0.717, 1.165) is 35.4 Å². The highest BCUT2D eigenvalue weighted by molar-refractivity contribution is 5.94. The van der Waals surface area contributed by atoms with Gasteiger partial charge in [0.2, 0.25) is 0 Å². The summed E-state index contributed by atoms with van der Waals surface area (Å²) in [6.07, 6.45) is 1.48. The van der Waals surface area contributed by atoms with Gasteiger partial charge in [0.1, 0.15) is 5.75 Å². The molecule has 2 aromatic carbocycles. The van der Waals surface area contributed by atoms with Crippen LogP contribution in [-0.4, -0.2) is 42.6 Å². The zero-order valence-electron chi connectivity index (χ0n) is 17.3. The number of amides is 3. The van der Waals surface area contributed by atoms with E-state index in [-0.39, 0.29) is 18.0 Å². The number of rotatable bonds is 5. The van der Waals surface area contributed by atoms with Crippen LogP contribution in [0.15, 0.2) is 42.5 Å². The second-order valence-electron chi connectivity index (χ2n) is 7.39. The quantitative estimate of drug-likeness (QED) is 0.800. The van der Waals surface area contributed by atoms with Gasteiger partial charge in [-0.3, -0.25) is 4.79 Å². The van der Waals surface area contributed by atoms with Crippen LogP contribution in [0.5, 0.6) is 5.75 Å². The molecular formula is C23H29N3O3. The number of piperidine rings is 1. The van der Waals surface area contributed by atoms with Crippen LogP contribution in [-0.2, 0) is 0 Å². The summed E-state index contributed by atoms with van der Waals surface area (Å²) in [5.41, 5.74) is 3.60. The monoisotopic (exact) mass is 395 g/mol. The number of benzene rings is 2. The second kappa shape index (κ2) is 9.45. The Morgan fingerprint density at radius 2 is 1.66 bits per heavy atom. The maximum Gasteiger partial charge on any atom is 0.321 e. The number of nitrogens with one attached hydrogen (secondary N) is 2.